The van der Waals surface area contributed by atoms with Crippen LogP contribution in [-0.4, -0.2) is 22.8 Å². The van der Waals surface area contributed by atoms with E-state index in [9.17, 15) is 0 Å². The van der Waals surface area contributed by atoms with Crippen LogP contribution in [0.4, 0.5) is 0 Å². The Hall–Kier alpha value is -0.800. The number of aliphatic hydroxyl groups is 1. The minimum atomic E-state index is 0.271. The van der Waals surface area contributed by atoms with Gasteiger partial charge in [-0.25, -0.2) is 0 Å². The first-order chi connectivity index (χ1) is 8.35. The van der Waals surface area contributed by atoms with Crippen LogP contribution in [0.5, 0.6) is 0 Å². The highest BCUT2D eigenvalue weighted by molar-refractivity contribution is 5.18. The zero-order valence-corrected chi connectivity index (χ0v) is 10.7. The SMILES string of the molecule is CCCNC(c1ccn(CCCO)c1)C1CC1. The Bertz CT molecular complexity index is 331. The molecule has 0 bridgehead atoms. The molecule has 0 amide bonds. The van der Waals surface area contributed by atoms with Crippen LogP contribution in [0.25, 0.3) is 0 Å². The van der Waals surface area contributed by atoms with Crippen molar-refractivity contribution >= 4 is 0 Å². The Morgan fingerprint density at radius 3 is 3.00 bits per heavy atom. The predicted octanol–water partition coefficient (Wildman–Crippen LogP) is 2.32. The molecule has 1 aromatic rings. The molecule has 0 radical (unpaired) electrons. The Balaban J connectivity index is 1.94. The molecule has 1 unspecified atom stereocenters. The molecule has 0 spiro atoms. The molecule has 3 nitrogen and oxygen atoms in total. The fourth-order valence-electron chi connectivity index (χ4n) is 2.32. The standard InChI is InChI=1S/C14H24N2O/c1-2-7-15-14(12-4-5-12)13-6-9-16(11-13)8-3-10-17/h6,9,11-12,14-15,17H,2-5,7-8,10H2,1H3. The summed E-state index contributed by atoms with van der Waals surface area (Å²) in [6.07, 6.45) is 9.13. The largest absolute Gasteiger partial charge is 0.396 e. The molecule has 0 aliphatic heterocycles. The number of hydrogen-bond donors (Lipinski definition) is 2. The molecule has 1 aliphatic carbocycles. The van der Waals surface area contributed by atoms with Gasteiger partial charge >= 0.3 is 0 Å². The molecule has 2 rings (SSSR count). The summed E-state index contributed by atoms with van der Waals surface area (Å²) in [6.45, 7) is 4.50. The van der Waals surface area contributed by atoms with Gasteiger partial charge in [0.1, 0.15) is 0 Å². The van der Waals surface area contributed by atoms with E-state index in [0.717, 1.165) is 25.4 Å². The highest BCUT2D eigenvalue weighted by atomic mass is 16.3. The maximum atomic E-state index is 8.83. The number of nitrogens with zero attached hydrogens (tertiary/aromatic N) is 1. The normalized spacial score (nSPS) is 17.3. The summed E-state index contributed by atoms with van der Waals surface area (Å²) in [5.74, 6) is 0.843. The van der Waals surface area contributed by atoms with E-state index in [0.29, 0.717) is 6.04 Å². The highest BCUT2D eigenvalue weighted by Crippen LogP contribution is 2.41. The lowest BCUT2D eigenvalue weighted by Crippen LogP contribution is -2.23. The minimum absolute atomic E-state index is 0.271. The van der Waals surface area contributed by atoms with Gasteiger partial charge in [-0.05, 0) is 49.8 Å². The molecule has 1 heterocycles. The molecular formula is C14H24N2O. The average molecular weight is 236 g/mol. The average Bonchev–Trinajstić information content (AvgIpc) is 3.07. The second-order valence-electron chi connectivity index (χ2n) is 5.03. The van der Waals surface area contributed by atoms with Crippen LogP contribution >= 0.6 is 0 Å². The van der Waals surface area contributed by atoms with E-state index in [2.05, 4.69) is 35.3 Å². The second kappa shape index (κ2) is 6.22. The first-order valence-electron chi connectivity index (χ1n) is 6.85. The van der Waals surface area contributed by atoms with Crippen LogP contribution in [0.15, 0.2) is 18.5 Å². The Morgan fingerprint density at radius 2 is 2.35 bits per heavy atom. The van der Waals surface area contributed by atoms with Crippen LogP contribution in [-0.2, 0) is 6.54 Å². The first kappa shape index (κ1) is 12.7. The molecule has 1 atom stereocenters. The van der Waals surface area contributed by atoms with Crippen LogP contribution in [0.1, 0.15) is 44.2 Å². The van der Waals surface area contributed by atoms with E-state index in [4.69, 9.17) is 5.11 Å². The van der Waals surface area contributed by atoms with Gasteiger partial charge in [-0.1, -0.05) is 6.92 Å². The zero-order chi connectivity index (χ0) is 12.1. The lowest BCUT2D eigenvalue weighted by molar-refractivity contribution is 0.280. The summed E-state index contributed by atoms with van der Waals surface area (Å²) < 4.78 is 2.19. The Morgan fingerprint density at radius 1 is 1.53 bits per heavy atom. The van der Waals surface area contributed by atoms with Crippen molar-refractivity contribution in [1.29, 1.82) is 0 Å². The van der Waals surface area contributed by atoms with Crippen molar-refractivity contribution in [3.05, 3.63) is 24.0 Å². The van der Waals surface area contributed by atoms with E-state index >= 15 is 0 Å². The summed E-state index contributed by atoms with van der Waals surface area (Å²) in [6, 6.07) is 2.77. The summed E-state index contributed by atoms with van der Waals surface area (Å²) in [5.41, 5.74) is 1.42. The third-order valence-electron chi connectivity index (χ3n) is 3.41. The predicted molar refractivity (Wildman–Crippen MR) is 69.9 cm³/mol. The Labute approximate surface area is 104 Å². The molecule has 0 saturated heterocycles. The fraction of sp³-hybridized carbons (Fsp3) is 0.714. The molecule has 2 N–H and O–H groups in total. The van der Waals surface area contributed by atoms with Crippen LogP contribution in [0, 0.1) is 5.92 Å². The maximum absolute atomic E-state index is 8.83. The van der Waals surface area contributed by atoms with Crippen LogP contribution in [0.3, 0.4) is 0 Å². The maximum Gasteiger partial charge on any atom is 0.0448 e. The summed E-state index contributed by atoms with van der Waals surface area (Å²) in [5, 5.41) is 12.5. The topological polar surface area (TPSA) is 37.2 Å². The summed E-state index contributed by atoms with van der Waals surface area (Å²) >= 11 is 0. The third kappa shape index (κ3) is 3.58. The molecule has 17 heavy (non-hydrogen) atoms. The van der Waals surface area contributed by atoms with Gasteiger partial charge in [-0.3, -0.25) is 0 Å². The number of aromatic nitrogens is 1. The van der Waals surface area contributed by atoms with Crippen LogP contribution in [0.2, 0.25) is 0 Å². The number of hydrogen-bond acceptors (Lipinski definition) is 2. The molecule has 1 aliphatic rings. The molecule has 1 saturated carbocycles. The van der Waals surface area contributed by atoms with Crippen molar-refractivity contribution in [1.82, 2.24) is 9.88 Å². The molecule has 3 heteroatoms. The van der Waals surface area contributed by atoms with Crippen molar-refractivity contribution in [2.24, 2.45) is 5.92 Å². The molecule has 1 aromatic heterocycles. The lowest BCUT2D eigenvalue weighted by atomic mass is 10.1. The number of nitrogens with one attached hydrogen (secondary N) is 1. The van der Waals surface area contributed by atoms with Gasteiger partial charge in [-0.2, -0.15) is 0 Å². The number of aryl methyl sites for hydroxylation is 1. The van der Waals surface area contributed by atoms with Gasteiger partial charge in [0.05, 0.1) is 0 Å². The van der Waals surface area contributed by atoms with Crippen LogP contribution < -0.4 is 5.32 Å². The van der Waals surface area contributed by atoms with E-state index in [1.807, 2.05) is 0 Å². The van der Waals surface area contributed by atoms with Crippen molar-refractivity contribution < 1.29 is 5.11 Å². The van der Waals surface area contributed by atoms with Crippen molar-refractivity contribution in [3.63, 3.8) is 0 Å². The molecule has 0 aromatic carbocycles. The first-order valence-corrected chi connectivity index (χ1v) is 6.85. The molecule has 1 fully saturated rings. The zero-order valence-electron chi connectivity index (χ0n) is 10.7. The Kier molecular flexibility index (Phi) is 4.63. The fourth-order valence-corrected chi connectivity index (χ4v) is 2.32. The monoisotopic (exact) mass is 236 g/mol. The minimum Gasteiger partial charge on any atom is -0.396 e. The summed E-state index contributed by atoms with van der Waals surface area (Å²) in [4.78, 5) is 0. The van der Waals surface area contributed by atoms with Crippen molar-refractivity contribution in [2.75, 3.05) is 13.2 Å². The highest BCUT2D eigenvalue weighted by Gasteiger charge is 2.32. The summed E-state index contributed by atoms with van der Waals surface area (Å²) in [7, 11) is 0. The second-order valence-corrected chi connectivity index (χ2v) is 5.03. The molecular weight excluding hydrogens is 212 g/mol. The van der Waals surface area contributed by atoms with E-state index in [1.165, 1.54) is 24.8 Å². The van der Waals surface area contributed by atoms with Gasteiger partial charge < -0.3 is 15.0 Å². The van der Waals surface area contributed by atoms with Gasteiger partial charge in [-0.15, -0.1) is 0 Å². The van der Waals surface area contributed by atoms with Crippen molar-refractivity contribution in [2.45, 2.75) is 45.2 Å². The van der Waals surface area contributed by atoms with Gasteiger partial charge in [0.2, 0.25) is 0 Å². The van der Waals surface area contributed by atoms with E-state index in [-0.39, 0.29) is 6.61 Å². The smallest absolute Gasteiger partial charge is 0.0448 e. The third-order valence-corrected chi connectivity index (χ3v) is 3.41. The quantitative estimate of drug-likeness (QED) is 0.727. The number of aliphatic hydroxyl groups excluding tert-OH is 1. The van der Waals surface area contributed by atoms with Gasteiger partial charge in [0, 0.05) is 31.6 Å². The van der Waals surface area contributed by atoms with E-state index in [1.54, 1.807) is 0 Å². The van der Waals surface area contributed by atoms with Gasteiger partial charge in [0.15, 0.2) is 0 Å². The van der Waals surface area contributed by atoms with E-state index < -0.39 is 0 Å². The molecule has 96 valence electrons. The number of rotatable bonds is 8. The lowest BCUT2D eigenvalue weighted by Gasteiger charge is -2.16. The van der Waals surface area contributed by atoms with Gasteiger partial charge in [0.25, 0.3) is 0 Å². The van der Waals surface area contributed by atoms with Crippen molar-refractivity contribution in [3.8, 4) is 0 Å².